The van der Waals surface area contributed by atoms with Gasteiger partial charge in [-0.05, 0) is 43.0 Å². The molecule has 0 saturated heterocycles. The first-order valence-electron chi connectivity index (χ1n) is 9.24. The monoisotopic (exact) mass is 380 g/mol. The quantitative estimate of drug-likeness (QED) is 0.538. The van der Waals surface area contributed by atoms with Crippen LogP contribution in [0.1, 0.15) is 38.3 Å². The van der Waals surface area contributed by atoms with Crippen LogP contribution in [-0.2, 0) is 17.6 Å². The lowest BCUT2D eigenvalue weighted by Crippen LogP contribution is -2.07. The molecule has 0 fully saturated rings. The molecule has 0 amide bonds. The Morgan fingerprint density at radius 2 is 1.81 bits per heavy atom. The molecule has 0 aliphatic heterocycles. The Hall–Kier alpha value is -2.47. The third-order valence-corrected chi connectivity index (χ3v) is 5.36. The second-order valence-corrected chi connectivity index (χ2v) is 7.38. The molecule has 27 heavy (non-hydrogen) atoms. The molecule has 1 aromatic carbocycles. The van der Waals surface area contributed by atoms with Crippen molar-refractivity contribution in [1.29, 1.82) is 0 Å². The van der Waals surface area contributed by atoms with Gasteiger partial charge in [0.2, 0.25) is 0 Å². The lowest BCUT2D eigenvalue weighted by atomic mass is 10.0. The molecule has 0 bridgehead atoms. The number of Topliss-reactive ketones (excluding diaryl/α,β-unsaturated/α-hetero) is 1. The number of carbonyl (C=O) groups excluding carboxylic acids is 1. The van der Waals surface area contributed by atoms with Gasteiger partial charge in [0.15, 0.2) is 11.0 Å². The minimum absolute atomic E-state index is 0.184. The molecule has 0 radical (unpaired) electrons. The Bertz CT molecular complexity index is 899. The zero-order chi connectivity index (χ0) is 19.2. The molecule has 0 aliphatic carbocycles. The summed E-state index contributed by atoms with van der Waals surface area (Å²) in [7, 11) is 0. The van der Waals surface area contributed by atoms with E-state index >= 15 is 0 Å². The summed E-state index contributed by atoms with van der Waals surface area (Å²) in [6, 6.07) is 10.3. The predicted molar refractivity (Wildman–Crippen MR) is 109 cm³/mol. The second kappa shape index (κ2) is 8.95. The summed E-state index contributed by atoms with van der Waals surface area (Å²) in [5, 5.41) is 9.74. The van der Waals surface area contributed by atoms with Crippen LogP contribution in [0.5, 0.6) is 0 Å². The molecule has 6 heteroatoms. The van der Waals surface area contributed by atoms with Crippen LogP contribution < -0.4 is 0 Å². The highest BCUT2D eigenvalue weighted by molar-refractivity contribution is 7.99. The largest absolute Gasteiger partial charge is 0.300 e. The minimum Gasteiger partial charge on any atom is -0.300 e. The number of pyridine rings is 1. The number of ketones is 1. The molecule has 0 N–H and O–H groups in total. The zero-order valence-electron chi connectivity index (χ0n) is 16.0. The maximum absolute atomic E-state index is 11.4. The number of thioether (sulfide) groups is 1. The van der Waals surface area contributed by atoms with E-state index in [0.29, 0.717) is 12.2 Å². The number of nitrogens with zero attached hydrogens (tertiary/aromatic N) is 4. The van der Waals surface area contributed by atoms with Gasteiger partial charge in [0, 0.05) is 30.1 Å². The third-order valence-electron chi connectivity index (χ3n) is 4.43. The number of aromatic nitrogens is 4. The SMILES string of the molecule is CCc1cccc(CC)c1-n1c(SCCC(C)=O)nnc1-c1cccnc1. The summed E-state index contributed by atoms with van der Waals surface area (Å²) >= 11 is 1.57. The standard InChI is InChI=1S/C21H24N4OS/c1-4-16-8-6-9-17(5-2)19(16)25-20(18-10-7-12-22-14-18)23-24-21(25)27-13-11-15(3)26/h6-10,12,14H,4-5,11,13H2,1-3H3. The van der Waals surface area contributed by atoms with Crippen LogP contribution >= 0.6 is 11.8 Å². The van der Waals surface area contributed by atoms with E-state index in [-0.39, 0.29) is 5.78 Å². The van der Waals surface area contributed by atoms with Gasteiger partial charge >= 0.3 is 0 Å². The van der Waals surface area contributed by atoms with Crippen molar-refractivity contribution in [2.45, 2.75) is 45.2 Å². The van der Waals surface area contributed by atoms with Gasteiger partial charge in [0.25, 0.3) is 0 Å². The van der Waals surface area contributed by atoms with Crippen LogP contribution in [0, 0.1) is 0 Å². The molecule has 5 nitrogen and oxygen atoms in total. The molecule has 2 heterocycles. The van der Waals surface area contributed by atoms with Crippen molar-refractivity contribution in [2.24, 2.45) is 0 Å². The van der Waals surface area contributed by atoms with Crippen LogP contribution in [0.15, 0.2) is 47.9 Å². The minimum atomic E-state index is 0.184. The van der Waals surface area contributed by atoms with Crippen molar-refractivity contribution >= 4 is 17.5 Å². The normalized spacial score (nSPS) is 10.9. The summed E-state index contributed by atoms with van der Waals surface area (Å²) in [4.78, 5) is 15.6. The van der Waals surface area contributed by atoms with Crippen molar-refractivity contribution in [3.63, 3.8) is 0 Å². The van der Waals surface area contributed by atoms with E-state index in [1.165, 1.54) is 11.1 Å². The van der Waals surface area contributed by atoms with E-state index < -0.39 is 0 Å². The average molecular weight is 381 g/mol. The van der Waals surface area contributed by atoms with E-state index in [2.05, 4.69) is 51.8 Å². The summed E-state index contributed by atoms with van der Waals surface area (Å²) in [6.45, 7) is 5.94. The fraction of sp³-hybridized carbons (Fsp3) is 0.333. The number of rotatable bonds is 8. The number of hydrogen-bond donors (Lipinski definition) is 0. The molecule has 0 atom stereocenters. The number of hydrogen-bond acceptors (Lipinski definition) is 5. The van der Waals surface area contributed by atoms with E-state index in [9.17, 15) is 4.79 Å². The molecule has 2 aromatic heterocycles. The van der Waals surface area contributed by atoms with E-state index in [0.717, 1.165) is 35.1 Å². The number of aryl methyl sites for hydroxylation is 2. The highest BCUT2D eigenvalue weighted by Crippen LogP contribution is 2.32. The maximum atomic E-state index is 11.4. The Labute approximate surface area is 164 Å². The van der Waals surface area contributed by atoms with Crippen LogP contribution in [0.4, 0.5) is 0 Å². The van der Waals surface area contributed by atoms with Crippen LogP contribution in [-0.4, -0.2) is 31.3 Å². The average Bonchev–Trinajstić information content (AvgIpc) is 3.11. The van der Waals surface area contributed by atoms with Crippen LogP contribution in [0.25, 0.3) is 17.1 Å². The zero-order valence-corrected chi connectivity index (χ0v) is 16.8. The van der Waals surface area contributed by atoms with Gasteiger partial charge in [0.1, 0.15) is 5.78 Å². The van der Waals surface area contributed by atoms with Gasteiger partial charge in [-0.2, -0.15) is 0 Å². The van der Waals surface area contributed by atoms with Gasteiger partial charge < -0.3 is 0 Å². The fourth-order valence-electron chi connectivity index (χ4n) is 3.04. The topological polar surface area (TPSA) is 60.7 Å². The smallest absolute Gasteiger partial charge is 0.196 e. The fourth-order valence-corrected chi connectivity index (χ4v) is 4.01. The van der Waals surface area contributed by atoms with Crippen molar-refractivity contribution < 1.29 is 4.79 Å². The van der Waals surface area contributed by atoms with Crippen molar-refractivity contribution in [1.82, 2.24) is 19.7 Å². The Kier molecular flexibility index (Phi) is 6.40. The van der Waals surface area contributed by atoms with E-state index in [1.54, 1.807) is 24.9 Å². The lowest BCUT2D eigenvalue weighted by Gasteiger charge is -2.17. The highest BCUT2D eigenvalue weighted by Gasteiger charge is 2.20. The van der Waals surface area contributed by atoms with Gasteiger partial charge in [-0.15, -0.1) is 10.2 Å². The van der Waals surface area contributed by atoms with Crippen molar-refractivity contribution in [2.75, 3.05) is 5.75 Å². The second-order valence-electron chi connectivity index (χ2n) is 6.32. The molecule has 0 saturated carbocycles. The first kappa shape index (κ1) is 19.3. The van der Waals surface area contributed by atoms with Gasteiger partial charge in [0.05, 0.1) is 5.69 Å². The summed E-state index contributed by atoms with van der Waals surface area (Å²) in [5.74, 6) is 1.66. The Balaban J connectivity index is 2.17. The van der Waals surface area contributed by atoms with Crippen molar-refractivity contribution in [3.8, 4) is 17.1 Å². The van der Waals surface area contributed by atoms with E-state index in [1.807, 2.05) is 18.3 Å². The molecule has 140 valence electrons. The lowest BCUT2D eigenvalue weighted by molar-refractivity contribution is -0.116. The first-order valence-corrected chi connectivity index (χ1v) is 10.2. The predicted octanol–water partition coefficient (Wildman–Crippen LogP) is 4.53. The molecule has 0 aliphatic rings. The molecular formula is C21H24N4OS. The Morgan fingerprint density at radius 3 is 2.41 bits per heavy atom. The summed E-state index contributed by atoms with van der Waals surface area (Å²) in [6.07, 6.45) is 5.93. The first-order chi connectivity index (χ1) is 13.2. The molecule has 0 unspecified atom stereocenters. The van der Waals surface area contributed by atoms with E-state index in [4.69, 9.17) is 0 Å². The van der Waals surface area contributed by atoms with Gasteiger partial charge in [-0.1, -0.05) is 43.8 Å². The number of para-hydroxylation sites is 1. The third kappa shape index (κ3) is 4.27. The summed E-state index contributed by atoms with van der Waals surface area (Å²) in [5.41, 5.74) is 4.59. The van der Waals surface area contributed by atoms with Crippen LogP contribution in [0.2, 0.25) is 0 Å². The molecular weight excluding hydrogens is 356 g/mol. The maximum Gasteiger partial charge on any atom is 0.196 e. The molecule has 3 aromatic rings. The van der Waals surface area contributed by atoms with Crippen LogP contribution in [0.3, 0.4) is 0 Å². The van der Waals surface area contributed by atoms with Crippen molar-refractivity contribution in [3.05, 3.63) is 53.9 Å². The van der Waals surface area contributed by atoms with Gasteiger partial charge in [-0.25, -0.2) is 0 Å². The molecule has 0 spiro atoms. The molecule has 3 rings (SSSR count). The highest BCUT2D eigenvalue weighted by atomic mass is 32.2. The van der Waals surface area contributed by atoms with Gasteiger partial charge in [-0.3, -0.25) is 14.3 Å². The summed E-state index contributed by atoms with van der Waals surface area (Å²) < 4.78 is 2.14. The Morgan fingerprint density at radius 1 is 1.07 bits per heavy atom. The number of benzene rings is 1. The number of carbonyl (C=O) groups is 1.